The number of carbonyl (C=O) groups excluding carboxylic acids is 3. The highest BCUT2D eigenvalue weighted by Gasteiger charge is 2.17. The van der Waals surface area contributed by atoms with Crippen molar-refractivity contribution in [3.05, 3.63) is 119 Å². The van der Waals surface area contributed by atoms with Crippen LogP contribution in [0.25, 0.3) is 6.08 Å². The first-order chi connectivity index (χ1) is 19.9. The molecule has 0 aliphatic carbocycles. The van der Waals surface area contributed by atoms with Crippen LogP contribution in [0.5, 0.6) is 11.5 Å². The Hall–Kier alpha value is -4.73. The van der Waals surface area contributed by atoms with Gasteiger partial charge in [-0.1, -0.05) is 54.1 Å². The Morgan fingerprint density at radius 3 is 2.39 bits per heavy atom. The van der Waals surface area contributed by atoms with Crippen LogP contribution >= 0.6 is 23.4 Å². The number of hydrogen-bond donors (Lipinski definition) is 3. The van der Waals surface area contributed by atoms with E-state index in [4.69, 9.17) is 21.1 Å². The fourth-order valence-electron chi connectivity index (χ4n) is 3.87. The number of nitrogens with one attached hydrogen (secondary N) is 3. The van der Waals surface area contributed by atoms with Gasteiger partial charge in [-0.3, -0.25) is 14.4 Å². The molecule has 0 fully saturated rings. The summed E-state index contributed by atoms with van der Waals surface area (Å²) < 4.78 is 10.6. The van der Waals surface area contributed by atoms with Gasteiger partial charge in [0.2, 0.25) is 12.7 Å². The predicted molar refractivity (Wildman–Crippen MR) is 160 cm³/mol. The highest BCUT2D eigenvalue weighted by molar-refractivity contribution is 8.00. The molecule has 41 heavy (non-hydrogen) atoms. The van der Waals surface area contributed by atoms with Crippen molar-refractivity contribution in [1.82, 2.24) is 5.32 Å². The molecule has 5 rings (SSSR count). The Balaban J connectivity index is 1.25. The smallest absolute Gasteiger partial charge is 0.272 e. The number of ether oxygens (including phenoxy) is 2. The van der Waals surface area contributed by atoms with Gasteiger partial charge in [0.25, 0.3) is 11.8 Å². The average Bonchev–Trinajstić information content (AvgIpc) is 3.45. The third-order valence-electron chi connectivity index (χ3n) is 5.85. The molecule has 0 aromatic heterocycles. The maximum absolute atomic E-state index is 13.3. The molecule has 0 saturated carbocycles. The van der Waals surface area contributed by atoms with Crippen LogP contribution in [0.4, 0.5) is 11.4 Å². The number of benzene rings is 4. The van der Waals surface area contributed by atoms with Crippen molar-refractivity contribution in [2.24, 2.45) is 0 Å². The van der Waals surface area contributed by atoms with E-state index in [1.165, 1.54) is 17.8 Å². The summed E-state index contributed by atoms with van der Waals surface area (Å²) in [5.74, 6) is 0.213. The molecule has 0 spiro atoms. The zero-order valence-electron chi connectivity index (χ0n) is 21.6. The molecule has 3 amide bonds. The lowest BCUT2D eigenvalue weighted by atomic mass is 10.1. The summed E-state index contributed by atoms with van der Waals surface area (Å²) in [5.41, 5.74) is 2.10. The lowest BCUT2D eigenvalue weighted by Crippen LogP contribution is -2.30. The van der Waals surface area contributed by atoms with Gasteiger partial charge in [-0.2, -0.15) is 0 Å². The summed E-state index contributed by atoms with van der Waals surface area (Å²) in [6.45, 7) is 0.159. The zero-order valence-corrected chi connectivity index (χ0v) is 23.1. The topological polar surface area (TPSA) is 106 Å². The minimum absolute atomic E-state index is 0.0214. The molecule has 0 atom stereocenters. The molecule has 8 nitrogen and oxygen atoms in total. The number of fused-ring (bicyclic) bond motifs is 1. The third kappa shape index (κ3) is 7.47. The van der Waals surface area contributed by atoms with Gasteiger partial charge in [0.1, 0.15) is 5.70 Å². The van der Waals surface area contributed by atoms with Crippen LogP contribution in [0.2, 0.25) is 5.02 Å². The monoisotopic (exact) mass is 585 g/mol. The summed E-state index contributed by atoms with van der Waals surface area (Å²) in [6, 6.07) is 27.9. The van der Waals surface area contributed by atoms with Gasteiger partial charge >= 0.3 is 0 Å². The highest BCUT2D eigenvalue weighted by atomic mass is 35.5. The minimum atomic E-state index is -0.531. The second kappa shape index (κ2) is 13.1. The fourth-order valence-corrected chi connectivity index (χ4v) is 4.82. The Morgan fingerprint density at radius 2 is 1.56 bits per heavy atom. The summed E-state index contributed by atoms with van der Waals surface area (Å²) in [6.07, 6.45) is 1.53. The van der Waals surface area contributed by atoms with E-state index in [1.54, 1.807) is 91.0 Å². The molecular weight excluding hydrogens is 562 g/mol. The van der Waals surface area contributed by atoms with E-state index in [2.05, 4.69) is 16.0 Å². The van der Waals surface area contributed by atoms with Crippen LogP contribution in [0.3, 0.4) is 0 Å². The summed E-state index contributed by atoms with van der Waals surface area (Å²) in [7, 11) is 0. The molecular formula is C31H24ClN3O5S. The molecule has 206 valence electrons. The molecule has 0 radical (unpaired) electrons. The SMILES string of the molecule is O=C(CSc1cccc(NC(=O)/C(=C\c2ccccc2Cl)NC(=O)c2ccccc2)c1)Nc1ccc2c(c1)OCO2. The normalized spacial score (nSPS) is 12.0. The summed E-state index contributed by atoms with van der Waals surface area (Å²) in [5, 5.41) is 8.80. The Kier molecular flexibility index (Phi) is 8.88. The molecule has 4 aromatic carbocycles. The third-order valence-corrected chi connectivity index (χ3v) is 7.19. The van der Waals surface area contributed by atoms with Gasteiger partial charge in [0, 0.05) is 32.9 Å². The number of rotatable bonds is 9. The Morgan fingerprint density at radius 1 is 0.805 bits per heavy atom. The van der Waals surface area contributed by atoms with Crippen molar-refractivity contribution >= 4 is 58.5 Å². The number of carbonyl (C=O) groups is 3. The molecule has 10 heteroatoms. The molecule has 3 N–H and O–H groups in total. The van der Waals surface area contributed by atoms with Crippen LogP contribution in [-0.4, -0.2) is 30.3 Å². The van der Waals surface area contributed by atoms with Crippen LogP contribution in [0.15, 0.2) is 108 Å². The van der Waals surface area contributed by atoms with E-state index in [9.17, 15) is 14.4 Å². The van der Waals surface area contributed by atoms with Crippen LogP contribution < -0.4 is 25.4 Å². The maximum atomic E-state index is 13.3. The predicted octanol–water partition coefficient (Wildman–Crippen LogP) is 6.21. The number of halogens is 1. The largest absolute Gasteiger partial charge is 0.454 e. The van der Waals surface area contributed by atoms with Gasteiger partial charge in [0.15, 0.2) is 11.5 Å². The number of amides is 3. The molecule has 0 saturated heterocycles. The quantitative estimate of drug-likeness (QED) is 0.159. The van der Waals surface area contributed by atoms with E-state index >= 15 is 0 Å². The standard InChI is InChI=1S/C31H24ClN3O5S/c32-25-12-5-4-9-21(25)15-26(35-30(37)20-7-2-1-3-8-20)31(38)34-22-10-6-11-24(16-22)41-18-29(36)33-23-13-14-27-28(17-23)40-19-39-27/h1-17H,18-19H2,(H,33,36)(H,34,38)(H,35,37)/b26-15+. The van der Waals surface area contributed by atoms with Gasteiger partial charge < -0.3 is 25.4 Å². The lowest BCUT2D eigenvalue weighted by Gasteiger charge is -2.12. The van der Waals surface area contributed by atoms with Gasteiger partial charge in [0.05, 0.1) is 5.75 Å². The highest BCUT2D eigenvalue weighted by Crippen LogP contribution is 2.34. The molecule has 1 aliphatic rings. The van der Waals surface area contributed by atoms with Crippen molar-refractivity contribution in [3.8, 4) is 11.5 Å². The molecule has 4 aromatic rings. The van der Waals surface area contributed by atoms with Crippen molar-refractivity contribution in [1.29, 1.82) is 0 Å². The van der Waals surface area contributed by atoms with Crippen molar-refractivity contribution in [2.75, 3.05) is 23.2 Å². The van der Waals surface area contributed by atoms with Crippen LogP contribution in [0, 0.1) is 0 Å². The molecule has 0 unspecified atom stereocenters. The fraction of sp³-hybridized carbons (Fsp3) is 0.0645. The molecule has 1 aliphatic heterocycles. The zero-order chi connectivity index (χ0) is 28.6. The van der Waals surface area contributed by atoms with Crippen molar-refractivity contribution in [3.63, 3.8) is 0 Å². The first kappa shape index (κ1) is 27.8. The average molecular weight is 586 g/mol. The Labute approximate surface area is 245 Å². The first-order valence-corrected chi connectivity index (χ1v) is 13.9. The number of thioether (sulfide) groups is 1. The van der Waals surface area contributed by atoms with E-state index < -0.39 is 11.8 Å². The van der Waals surface area contributed by atoms with Gasteiger partial charge in [-0.25, -0.2) is 0 Å². The van der Waals surface area contributed by atoms with Crippen molar-refractivity contribution in [2.45, 2.75) is 4.90 Å². The van der Waals surface area contributed by atoms with Crippen molar-refractivity contribution < 1.29 is 23.9 Å². The number of anilines is 2. The summed E-state index contributed by atoms with van der Waals surface area (Å²) in [4.78, 5) is 39.5. The molecule has 1 heterocycles. The van der Waals surface area contributed by atoms with E-state index in [-0.39, 0.29) is 24.2 Å². The van der Waals surface area contributed by atoms with Gasteiger partial charge in [-0.15, -0.1) is 11.8 Å². The van der Waals surface area contributed by atoms with Crippen LogP contribution in [0.1, 0.15) is 15.9 Å². The second-order valence-corrected chi connectivity index (χ2v) is 10.2. The van der Waals surface area contributed by atoms with E-state index in [0.29, 0.717) is 39.0 Å². The number of hydrogen-bond acceptors (Lipinski definition) is 6. The van der Waals surface area contributed by atoms with E-state index in [1.807, 2.05) is 6.07 Å². The Bertz CT molecular complexity index is 1630. The van der Waals surface area contributed by atoms with Crippen LogP contribution in [-0.2, 0) is 9.59 Å². The maximum Gasteiger partial charge on any atom is 0.272 e. The molecule has 0 bridgehead atoms. The summed E-state index contributed by atoms with van der Waals surface area (Å²) >= 11 is 7.62. The van der Waals surface area contributed by atoms with Gasteiger partial charge in [-0.05, 0) is 60.2 Å². The lowest BCUT2D eigenvalue weighted by molar-refractivity contribution is -0.114. The minimum Gasteiger partial charge on any atom is -0.454 e. The second-order valence-electron chi connectivity index (χ2n) is 8.79. The van der Waals surface area contributed by atoms with E-state index in [0.717, 1.165) is 4.90 Å². The first-order valence-electron chi connectivity index (χ1n) is 12.5.